The van der Waals surface area contributed by atoms with Gasteiger partial charge in [0.05, 0.1) is 7.11 Å². The highest BCUT2D eigenvalue weighted by Gasteiger charge is 2.24. The molecule has 0 aliphatic carbocycles. The molecular formula is C13H17ClFNO2. The lowest BCUT2D eigenvalue weighted by atomic mass is 10.1. The number of ether oxygens (including phenoxy) is 1. The van der Waals surface area contributed by atoms with E-state index in [2.05, 4.69) is 5.32 Å². The van der Waals surface area contributed by atoms with Gasteiger partial charge in [0.1, 0.15) is 11.9 Å². The summed E-state index contributed by atoms with van der Waals surface area (Å²) in [6.45, 7) is 3.95. The summed E-state index contributed by atoms with van der Waals surface area (Å²) in [5.41, 5.74) is 0.519. The first-order valence-corrected chi connectivity index (χ1v) is 6.16. The van der Waals surface area contributed by atoms with Crippen LogP contribution in [0.15, 0.2) is 18.2 Å². The first kappa shape index (κ1) is 14.9. The van der Waals surface area contributed by atoms with Crippen LogP contribution in [0.25, 0.3) is 0 Å². The van der Waals surface area contributed by atoms with Gasteiger partial charge in [0.15, 0.2) is 0 Å². The van der Waals surface area contributed by atoms with Crippen LogP contribution < -0.4 is 5.32 Å². The van der Waals surface area contributed by atoms with Crippen molar-refractivity contribution in [3.63, 3.8) is 0 Å². The second kappa shape index (κ2) is 6.71. The van der Waals surface area contributed by atoms with Crippen molar-refractivity contribution in [2.45, 2.75) is 32.4 Å². The maximum Gasteiger partial charge on any atom is 0.327 e. The third-order valence-corrected chi connectivity index (χ3v) is 3.10. The van der Waals surface area contributed by atoms with Gasteiger partial charge in [-0.25, -0.2) is 9.18 Å². The van der Waals surface area contributed by atoms with Gasteiger partial charge in [0.2, 0.25) is 0 Å². The van der Waals surface area contributed by atoms with Crippen molar-refractivity contribution in [3.8, 4) is 0 Å². The molecule has 1 N–H and O–H groups in total. The molecule has 0 radical (unpaired) electrons. The Labute approximate surface area is 111 Å². The standard InChI is InChI=1S/C13H17ClFNO2/c1-4-8(2)16-12(13(17)18-3)10-6-5-9(15)7-11(10)14/h5-8,12,16H,4H2,1-3H3. The van der Waals surface area contributed by atoms with E-state index in [1.807, 2.05) is 13.8 Å². The largest absolute Gasteiger partial charge is 0.468 e. The Bertz CT molecular complexity index is 425. The molecule has 0 bridgehead atoms. The lowest BCUT2D eigenvalue weighted by molar-refractivity contribution is -0.143. The predicted octanol–water partition coefficient (Wildman–Crippen LogP) is 3.08. The summed E-state index contributed by atoms with van der Waals surface area (Å²) in [6, 6.07) is 3.39. The van der Waals surface area contributed by atoms with Crippen LogP contribution in [0.1, 0.15) is 31.9 Å². The minimum Gasteiger partial charge on any atom is -0.468 e. The number of hydrogen-bond acceptors (Lipinski definition) is 3. The van der Waals surface area contributed by atoms with Crippen molar-refractivity contribution >= 4 is 17.6 Å². The normalized spacial score (nSPS) is 14.1. The molecule has 18 heavy (non-hydrogen) atoms. The molecular weight excluding hydrogens is 257 g/mol. The highest BCUT2D eigenvalue weighted by atomic mass is 35.5. The number of esters is 1. The number of nitrogens with one attached hydrogen (secondary N) is 1. The summed E-state index contributed by atoms with van der Waals surface area (Å²) < 4.78 is 17.7. The molecule has 0 spiro atoms. The van der Waals surface area contributed by atoms with E-state index in [-0.39, 0.29) is 11.1 Å². The van der Waals surface area contributed by atoms with E-state index in [0.717, 1.165) is 6.42 Å². The van der Waals surface area contributed by atoms with Gasteiger partial charge in [0.25, 0.3) is 0 Å². The van der Waals surface area contributed by atoms with E-state index in [1.54, 1.807) is 0 Å². The van der Waals surface area contributed by atoms with Gasteiger partial charge in [-0.3, -0.25) is 5.32 Å². The van der Waals surface area contributed by atoms with Crippen molar-refractivity contribution in [1.29, 1.82) is 0 Å². The Balaban J connectivity index is 3.05. The lowest BCUT2D eigenvalue weighted by Gasteiger charge is -2.21. The second-order valence-corrected chi connectivity index (χ2v) is 4.51. The smallest absolute Gasteiger partial charge is 0.327 e. The number of hydrogen-bond donors (Lipinski definition) is 1. The van der Waals surface area contributed by atoms with Crippen LogP contribution in [-0.4, -0.2) is 19.1 Å². The van der Waals surface area contributed by atoms with Crippen LogP contribution in [-0.2, 0) is 9.53 Å². The Morgan fingerprint density at radius 2 is 2.22 bits per heavy atom. The van der Waals surface area contributed by atoms with Crippen molar-refractivity contribution in [3.05, 3.63) is 34.6 Å². The van der Waals surface area contributed by atoms with Gasteiger partial charge in [-0.2, -0.15) is 0 Å². The fourth-order valence-corrected chi connectivity index (χ4v) is 1.82. The van der Waals surface area contributed by atoms with Gasteiger partial charge < -0.3 is 4.74 Å². The molecule has 5 heteroatoms. The molecule has 0 aliphatic rings. The molecule has 0 aromatic heterocycles. The molecule has 1 rings (SSSR count). The Hall–Kier alpha value is -1.13. The third kappa shape index (κ3) is 3.68. The molecule has 0 saturated heterocycles. The maximum atomic E-state index is 13.0. The van der Waals surface area contributed by atoms with Gasteiger partial charge in [-0.05, 0) is 31.0 Å². The predicted molar refractivity (Wildman–Crippen MR) is 69.1 cm³/mol. The zero-order valence-electron chi connectivity index (χ0n) is 10.7. The summed E-state index contributed by atoms with van der Waals surface area (Å²) in [7, 11) is 1.31. The van der Waals surface area contributed by atoms with Crippen molar-refractivity contribution in [2.24, 2.45) is 0 Å². The van der Waals surface area contributed by atoms with E-state index in [4.69, 9.17) is 16.3 Å². The maximum absolute atomic E-state index is 13.0. The van der Waals surface area contributed by atoms with Crippen LogP contribution in [0.2, 0.25) is 5.02 Å². The summed E-state index contributed by atoms with van der Waals surface area (Å²) in [4.78, 5) is 11.8. The Morgan fingerprint density at radius 1 is 1.56 bits per heavy atom. The molecule has 2 atom stereocenters. The summed E-state index contributed by atoms with van der Waals surface area (Å²) in [5, 5.41) is 3.32. The highest BCUT2D eigenvalue weighted by molar-refractivity contribution is 6.31. The molecule has 0 saturated carbocycles. The third-order valence-electron chi connectivity index (χ3n) is 2.77. The number of methoxy groups -OCH3 is 1. The number of rotatable bonds is 5. The molecule has 3 nitrogen and oxygen atoms in total. The molecule has 0 fully saturated rings. The van der Waals surface area contributed by atoms with Crippen LogP contribution in [0.5, 0.6) is 0 Å². The average Bonchev–Trinajstić information content (AvgIpc) is 2.35. The van der Waals surface area contributed by atoms with Gasteiger partial charge in [0, 0.05) is 11.1 Å². The van der Waals surface area contributed by atoms with Crippen LogP contribution in [0.4, 0.5) is 4.39 Å². The Kier molecular flexibility index (Phi) is 5.56. The van der Waals surface area contributed by atoms with E-state index in [0.29, 0.717) is 5.56 Å². The van der Waals surface area contributed by atoms with E-state index in [1.165, 1.54) is 25.3 Å². The number of carbonyl (C=O) groups excluding carboxylic acids is 1. The van der Waals surface area contributed by atoms with Crippen molar-refractivity contribution < 1.29 is 13.9 Å². The molecule has 0 heterocycles. The number of halogens is 2. The molecule has 2 unspecified atom stereocenters. The monoisotopic (exact) mass is 273 g/mol. The topological polar surface area (TPSA) is 38.3 Å². The first-order chi connectivity index (χ1) is 8.49. The number of benzene rings is 1. The van der Waals surface area contributed by atoms with Crippen molar-refractivity contribution in [1.82, 2.24) is 5.32 Å². The SMILES string of the molecule is CCC(C)NC(C(=O)OC)c1ccc(F)cc1Cl. The minimum atomic E-state index is -0.682. The molecule has 0 aliphatic heterocycles. The second-order valence-electron chi connectivity index (χ2n) is 4.10. The minimum absolute atomic E-state index is 0.121. The molecule has 1 aromatic carbocycles. The average molecular weight is 274 g/mol. The molecule has 100 valence electrons. The number of carbonyl (C=O) groups is 1. The van der Waals surface area contributed by atoms with Gasteiger partial charge in [-0.15, -0.1) is 0 Å². The zero-order valence-corrected chi connectivity index (χ0v) is 11.4. The van der Waals surface area contributed by atoms with Gasteiger partial charge in [-0.1, -0.05) is 24.6 Å². The fraction of sp³-hybridized carbons (Fsp3) is 0.462. The quantitative estimate of drug-likeness (QED) is 0.838. The summed E-state index contributed by atoms with van der Waals surface area (Å²) in [5.74, 6) is -0.875. The van der Waals surface area contributed by atoms with E-state index < -0.39 is 17.8 Å². The van der Waals surface area contributed by atoms with Crippen LogP contribution in [0, 0.1) is 5.82 Å². The highest BCUT2D eigenvalue weighted by Crippen LogP contribution is 2.25. The summed E-state index contributed by atoms with van der Waals surface area (Å²) in [6.07, 6.45) is 0.853. The lowest BCUT2D eigenvalue weighted by Crippen LogP contribution is -2.35. The fourth-order valence-electron chi connectivity index (χ4n) is 1.54. The zero-order chi connectivity index (χ0) is 13.7. The van der Waals surface area contributed by atoms with Crippen LogP contribution in [0.3, 0.4) is 0 Å². The van der Waals surface area contributed by atoms with E-state index in [9.17, 15) is 9.18 Å². The van der Waals surface area contributed by atoms with E-state index >= 15 is 0 Å². The molecule has 0 amide bonds. The Morgan fingerprint density at radius 3 is 2.72 bits per heavy atom. The van der Waals surface area contributed by atoms with Gasteiger partial charge >= 0.3 is 5.97 Å². The molecule has 1 aromatic rings. The first-order valence-electron chi connectivity index (χ1n) is 5.78. The van der Waals surface area contributed by atoms with Crippen molar-refractivity contribution in [2.75, 3.05) is 7.11 Å². The van der Waals surface area contributed by atoms with Crippen LogP contribution >= 0.6 is 11.6 Å². The summed E-state index contributed by atoms with van der Waals surface area (Å²) >= 11 is 5.96.